The van der Waals surface area contributed by atoms with Crippen LogP contribution in [0.25, 0.3) is 6.08 Å². The molecule has 1 fully saturated rings. The first-order chi connectivity index (χ1) is 8.83. The van der Waals surface area contributed by atoms with E-state index in [0.29, 0.717) is 11.6 Å². The van der Waals surface area contributed by atoms with Gasteiger partial charge in [0.2, 0.25) is 0 Å². The van der Waals surface area contributed by atoms with Gasteiger partial charge in [0, 0.05) is 5.92 Å². The van der Waals surface area contributed by atoms with Crippen molar-refractivity contribution in [1.29, 1.82) is 0 Å². The molecule has 0 aromatic heterocycles. The molecule has 3 nitrogen and oxygen atoms in total. The van der Waals surface area contributed by atoms with E-state index in [2.05, 4.69) is 10.3 Å². The van der Waals surface area contributed by atoms with Gasteiger partial charge >= 0.3 is 0 Å². The van der Waals surface area contributed by atoms with Crippen molar-refractivity contribution in [2.45, 2.75) is 25.7 Å². The summed E-state index contributed by atoms with van der Waals surface area (Å²) in [6.07, 6.45) is 6.64. The van der Waals surface area contributed by atoms with Gasteiger partial charge in [-0.15, -0.1) is 0 Å². The van der Waals surface area contributed by atoms with Crippen LogP contribution in [0.15, 0.2) is 41.0 Å². The van der Waals surface area contributed by atoms with Gasteiger partial charge < -0.3 is 5.32 Å². The van der Waals surface area contributed by atoms with E-state index in [1.54, 1.807) is 0 Å². The SMILES string of the molecule is O=C1NC(C2CCCC2)=N/C1=C/c1ccccc1. The minimum Gasteiger partial charge on any atom is -0.308 e. The molecule has 0 saturated heterocycles. The lowest BCUT2D eigenvalue weighted by molar-refractivity contribution is -0.115. The van der Waals surface area contributed by atoms with Crippen LogP contribution < -0.4 is 5.32 Å². The van der Waals surface area contributed by atoms with Gasteiger partial charge in [-0.2, -0.15) is 0 Å². The molecule has 1 aliphatic carbocycles. The molecule has 1 saturated carbocycles. The fourth-order valence-corrected chi connectivity index (χ4v) is 2.59. The summed E-state index contributed by atoms with van der Waals surface area (Å²) in [5, 5.41) is 2.91. The first-order valence-corrected chi connectivity index (χ1v) is 6.49. The van der Waals surface area contributed by atoms with E-state index in [0.717, 1.165) is 24.2 Å². The maximum atomic E-state index is 11.9. The van der Waals surface area contributed by atoms with Crippen LogP contribution in [-0.4, -0.2) is 11.7 Å². The van der Waals surface area contributed by atoms with Crippen LogP contribution in [0.2, 0.25) is 0 Å². The van der Waals surface area contributed by atoms with E-state index in [1.807, 2.05) is 36.4 Å². The third-order valence-corrected chi connectivity index (χ3v) is 3.56. The largest absolute Gasteiger partial charge is 0.308 e. The monoisotopic (exact) mass is 240 g/mol. The zero-order chi connectivity index (χ0) is 12.4. The Labute approximate surface area is 107 Å². The Morgan fingerprint density at radius 3 is 2.61 bits per heavy atom. The van der Waals surface area contributed by atoms with Gasteiger partial charge in [-0.05, 0) is 24.5 Å². The molecule has 92 valence electrons. The van der Waals surface area contributed by atoms with Crippen LogP contribution in [0.3, 0.4) is 0 Å². The maximum absolute atomic E-state index is 11.9. The number of amides is 1. The fourth-order valence-electron chi connectivity index (χ4n) is 2.59. The van der Waals surface area contributed by atoms with Crippen molar-refractivity contribution in [2.75, 3.05) is 0 Å². The highest BCUT2D eigenvalue weighted by molar-refractivity contribution is 6.15. The minimum absolute atomic E-state index is 0.0687. The Balaban J connectivity index is 1.84. The summed E-state index contributed by atoms with van der Waals surface area (Å²) in [7, 11) is 0. The third kappa shape index (κ3) is 2.21. The quantitative estimate of drug-likeness (QED) is 0.793. The van der Waals surface area contributed by atoms with E-state index in [9.17, 15) is 4.79 Å². The maximum Gasteiger partial charge on any atom is 0.275 e. The number of rotatable bonds is 2. The number of hydrogen-bond acceptors (Lipinski definition) is 2. The molecule has 0 spiro atoms. The van der Waals surface area contributed by atoms with E-state index in [-0.39, 0.29) is 5.91 Å². The standard InChI is InChI=1S/C15H16N2O/c18-15-13(10-11-6-2-1-3-7-11)16-14(17-15)12-8-4-5-9-12/h1-3,6-7,10,12H,4-5,8-9H2,(H,16,17,18)/b13-10+. The van der Waals surface area contributed by atoms with Crippen LogP contribution in [-0.2, 0) is 4.79 Å². The molecule has 1 aromatic rings. The molecule has 1 N–H and O–H groups in total. The van der Waals surface area contributed by atoms with Crippen molar-refractivity contribution >= 4 is 17.8 Å². The normalized spacial score (nSPS) is 22.3. The molecule has 1 aliphatic heterocycles. The van der Waals surface area contributed by atoms with E-state index < -0.39 is 0 Å². The van der Waals surface area contributed by atoms with E-state index >= 15 is 0 Å². The Morgan fingerprint density at radius 1 is 1.17 bits per heavy atom. The molecule has 0 radical (unpaired) electrons. The second-order valence-corrected chi connectivity index (χ2v) is 4.87. The topological polar surface area (TPSA) is 41.5 Å². The lowest BCUT2D eigenvalue weighted by atomic mass is 10.1. The molecule has 1 amide bonds. The molecule has 0 bridgehead atoms. The number of benzene rings is 1. The van der Waals surface area contributed by atoms with E-state index in [1.165, 1.54) is 12.8 Å². The number of amidine groups is 1. The molecule has 3 rings (SSSR count). The highest BCUT2D eigenvalue weighted by Crippen LogP contribution is 2.27. The Kier molecular flexibility index (Phi) is 2.97. The smallest absolute Gasteiger partial charge is 0.275 e. The van der Waals surface area contributed by atoms with Crippen LogP contribution in [0.5, 0.6) is 0 Å². The fraction of sp³-hybridized carbons (Fsp3) is 0.333. The first-order valence-electron chi connectivity index (χ1n) is 6.49. The summed E-state index contributed by atoms with van der Waals surface area (Å²) >= 11 is 0. The molecular weight excluding hydrogens is 224 g/mol. The number of nitrogens with one attached hydrogen (secondary N) is 1. The van der Waals surface area contributed by atoms with Gasteiger partial charge in [-0.3, -0.25) is 4.79 Å². The van der Waals surface area contributed by atoms with Gasteiger partial charge in [0.1, 0.15) is 11.5 Å². The summed E-state index contributed by atoms with van der Waals surface area (Å²) < 4.78 is 0. The lowest BCUT2D eigenvalue weighted by Gasteiger charge is -2.06. The summed E-state index contributed by atoms with van der Waals surface area (Å²) in [5.41, 5.74) is 1.54. The summed E-state index contributed by atoms with van der Waals surface area (Å²) in [6.45, 7) is 0. The van der Waals surface area contributed by atoms with E-state index in [4.69, 9.17) is 0 Å². The second-order valence-electron chi connectivity index (χ2n) is 4.87. The number of nitrogens with zero attached hydrogens (tertiary/aromatic N) is 1. The van der Waals surface area contributed by atoms with Crippen molar-refractivity contribution in [3.8, 4) is 0 Å². The summed E-state index contributed by atoms with van der Waals surface area (Å²) in [5.74, 6) is 1.26. The Morgan fingerprint density at radius 2 is 1.89 bits per heavy atom. The van der Waals surface area contributed by atoms with Crippen LogP contribution in [0, 0.1) is 5.92 Å². The van der Waals surface area contributed by atoms with Crippen LogP contribution in [0.4, 0.5) is 0 Å². The first kappa shape index (κ1) is 11.2. The Hall–Kier alpha value is -1.90. The van der Waals surface area contributed by atoms with Gasteiger partial charge in [0.15, 0.2) is 0 Å². The molecule has 3 heteroatoms. The molecular formula is C15H16N2O. The predicted molar refractivity (Wildman–Crippen MR) is 72.0 cm³/mol. The summed E-state index contributed by atoms with van der Waals surface area (Å²) in [6, 6.07) is 9.83. The predicted octanol–water partition coefficient (Wildman–Crippen LogP) is 2.75. The zero-order valence-electron chi connectivity index (χ0n) is 10.2. The van der Waals surface area contributed by atoms with Gasteiger partial charge in [-0.25, -0.2) is 4.99 Å². The molecule has 0 atom stereocenters. The third-order valence-electron chi connectivity index (χ3n) is 3.56. The highest BCUT2D eigenvalue weighted by Gasteiger charge is 2.28. The minimum atomic E-state index is -0.0687. The van der Waals surface area contributed by atoms with Gasteiger partial charge in [-0.1, -0.05) is 43.2 Å². The number of hydrogen-bond donors (Lipinski definition) is 1. The highest BCUT2D eigenvalue weighted by atomic mass is 16.2. The van der Waals surface area contributed by atoms with Crippen LogP contribution >= 0.6 is 0 Å². The summed E-state index contributed by atoms with van der Waals surface area (Å²) in [4.78, 5) is 16.3. The van der Waals surface area contributed by atoms with Crippen molar-refractivity contribution in [2.24, 2.45) is 10.9 Å². The molecule has 1 heterocycles. The molecule has 2 aliphatic rings. The van der Waals surface area contributed by atoms with Crippen molar-refractivity contribution in [3.63, 3.8) is 0 Å². The van der Waals surface area contributed by atoms with Crippen molar-refractivity contribution in [1.82, 2.24) is 5.32 Å². The number of aliphatic imine (C=N–C) groups is 1. The second kappa shape index (κ2) is 4.77. The average Bonchev–Trinajstić information content (AvgIpc) is 3.01. The zero-order valence-corrected chi connectivity index (χ0v) is 10.2. The lowest BCUT2D eigenvalue weighted by Crippen LogP contribution is -2.29. The Bertz CT molecular complexity index is 511. The number of carbonyl (C=O) groups is 1. The van der Waals surface area contributed by atoms with Crippen LogP contribution in [0.1, 0.15) is 31.2 Å². The van der Waals surface area contributed by atoms with Gasteiger partial charge in [0.25, 0.3) is 5.91 Å². The van der Waals surface area contributed by atoms with Crippen molar-refractivity contribution in [3.05, 3.63) is 41.6 Å². The molecule has 0 unspecified atom stereocenters. The number of carbonyl (C=O) groups excluding carboxylic acids is 1. The molecule has 18 heavy (non-hydrogen) atoms. The van der Waals surface area contributed by atoms with Crippen molar-refractivity contribution < 1.29 is 4.79 Å². The average molecular weight is 240 g/mol. The molecule has 1 aromatic carbocycles. The van der Waals surface area contributed by atoms with Gasteiger partial charge in [0.05, 0.1) is 0 Å².